The third kappa shape index (κ3) is 3.46. The maximum atomic E-state index is 11.6. The molecular formula is C20H25N5O2. The van der Waals surface area contributed by atoms with Gasteiger partial charge in [-0.1, -0.05) is 0 Å². The number of carbonyl (C=O) groups is 1. The van der Waals surface area contributed by atoms with Crippen LogP contribution in [-0.4, -0.2) is 36.4 Å². The van der Waals surface area contributed by atoms with Crippen LogP contribution in [0.4, 0.5) is 0 Å². The van der Waals surface area contributed by atoms with Crippen LogP contribution in [0.25, 0.3) is 22.2 Å². The second-order valence-corrected chi connectivity index (χ2v) is 7.72. The van der Waals surface area contributed by atoms with Crippen molar-refractivity contribution in [2.24, 2.45) is 13.0 Å². The Morgan fingerprint density at radius 1 is 1.26 bits per heavy atom. The topological polar surface area (TPSA) is 74.8 Å². The van der Waals surface area contributed by atoms with Crippen LogP contribution in [0.1, 0.15) is 46.1 Å². The summed E-state index contributed by atoms with van der Waals surface area (Å²) in [6.07, 6.45) is 7.80. The number of ketones is 1. The van der Waals surface area contributed by atoms with Crippen LogP contribution < -0.4 is 4.74 Å². The molecule has 1 aliphatic carbocycles. The van der Waals surface area contributed by atoms with Gasteiger partial charge in [0.1, 0.15) is 11.9 Å². The highest BCUT2D eigenvalue weighted by Gasteiger charge is 2.29. The largest absolute Gasteiger partial charge is 0.474 e. The van der Waals surface area contributed by atoms with Gasteiger partial charge in [0.05, 0.1) is 22.8 Å². The lowest BCUT2D eigenvalue weighted by atomic mass is 10.0. The first kappa shape index (κ1) is 17.7. The Morgan fingerprint density at radius 2 is 2.07 bits per heavy atom. The molecule has 0 saturated heterocycles. The smallest absolute Gasteiger partial charge is 0.225 e. The minimum atomic E-state index is -0.0685. The van der Waals surface area contributed by atoms with Crippen LogP contribution in [0, 0.1) is 5.92 Å². The monoisotopic (exact) mass is 367 g/mol. The highest BCUT2D eigenvalue weighted by Crippen LogP contribution is 2.32. The van der Waals surface area contributed by atoms with Crippen LogP contribution in [0.5, 0.6) is 5.88 Å². The van der Waals surface area contributed by atoms with Crippen LogP contribution in [0.2, 0.25) is 0 Å². The van der Waals surface area contributed by atoms with Gasteiger partial charge in [-0.25, -0.2) is 4.98 Å². The Morgan fingerprint density at radius 3 is 2.74 bits per heavy atom. The summed E-state index contributed by atoms with van der Waals surface area (Å²) in [6.45, 7) is 6.20. The zero-order chi connectivity index (χ0) is 19.1. The number of ether oxygens (including phenoxy) is 1. The van der Waals surface area contributed by atoms with Gasteiger partial charge < -0.3 is 4.74 Å². The second kappa shape index (κ2) is 6.79. The molecule has 1 fully saturated rings. The van der Waals surface area contributed by atoms with Crippen molar-refractivity contribution in [3.63, 3.8) is 0 Å². The van der Waals surface area contributed by atoms with Gasteiger partial charge in [-0.3, -0.25) is 14.2 Å². The normalized spacial score (nSPS) is 18.6. The number of Topliss-reactive ketones (excluding diaryl/α,β-unsaturated/α-hetero) is 1. The molecular weight excluding hydrogens is 342 g/mol. The number of nitrogens with zero attached hydrogens (tertiary/aromatic N) is 5. The van der Waals surface area contributed by atoms with E-state index in [9.17, 15) is 4.79 Å². The highest BCUT2D eigenvalue weighted by atomic mass is 16.5. The minimum Gasteiger partial charge on any atom is -0.474 e. The Labute approximate surface area is 158 Å². The molecule has 1 aliphatic rings. The Bertz CT molecular complexity index is 988. The van der Waals surface area contributed by atoms with E-state index in [0.29, 0.717) is 24.5 Å². The number of rotatable bonds is 5. The average molecular weight is 367 g/mol. The van der Waals surface area contributed by atoms with E-state index in [1.54, 1.807) is 4.68 Å². The van der Waals surface area contributed by atoms with Crippen LogP contribution in [0.15, 0.2) is 24.7 Å². The van der Waals surface area contributed by atoms with Crippen molar-refractivity contribution in [2.75, 3.05) is 0 Å². The summed E-state index contributed by atoms with van der Waals surface area (Å²) >= 11 is 0. The van der Waals surface area contributed by atoms with Crippen molar-refractivity contribution in [2.45, 2.75) is 52.2 Å². The lowest BCUT2D eigenvalue weighted by Crippen LogP contribution is -2.22. The Kier molecular flexibility index (Phi) is 4.45. The van der Waals surface area contributed by atoms with Crippen molar-refractivity contribution >= 4 is 16.7 Å². The maximum Gasteiger partial charge on any atom is 0.225 e. The SMILES string of the molecule is CC(C)n1cc(-c2cc3nn(C)cc3c(O[C@H](C)[C@H]3CCC(=O)C3)n2)cn1. The molecule has 142 valence electrons. The Hall–Kier alpha value is -2.70. The van der Waals surface area contributed by atoms with E-state index < -0.39 is 0 Å². The maximum absolute atomic E-state index is 11.6. The molecule has 2 atom stereocenters. The fraction of sp³-hybridized carbons (Fsp3) is 0.500. The van der Waals surface area contributed by atoms with E-state index in [2.05, 4.69) is 24.0 Å². The molecule has 3 aromatic heterocycles. The molecule has 3 heterocycles. The van der Waals surface area contributed by atoms with E-state index in [4.69, 9.17) is 9.72 Å². The number of pyridine rings is 1. The van der Waals surface area contributed by atoms with Crippen LogP contribution in [0.3, 0.4) is 0 Å². The fourth-order valence-electron chi connectivity index (χ4n) is 3.61. The van der Waals surface area contributed by atoms with E-state index in [1.165, 1.54) is 0 Å². The summed E-state index contributed by atoms with van der Waals surface area (Å²) in [7, 11) is 1.89. The average Bonchev–Trinajstić information content (AvgIpc) is 3.32. The molecule has 0 N–H and O–H groups in total. The fourth-order valence-corrected chi connectivity index (χ4v) is 3.61. The Balaban J connectivity index is 1.70. The molecule has 0 radical (unpaired) electrons. The van der Waals surface area contributed by atoms with E-state index in [1.807, 2.05) is 43.3 Å². The summed E-state index contributed by atoms with van der Waals surface area (Å²) in [6, 6.07) is 2.25. The number of fused-ring (bicyclic) bond motifs is 1. The van der Waals surface area contributed by atoms with Gasteiger partial charge in [-0.05, 0) is 33.3 Å². The molecule has 27 heavy (non-hydrogen) atoms. The lowest BCUT2D eigenvalue weighted by molar-refractivity contribution is -0.117. The van der Waals surface area contributed by atoms with Crippen molar-refractivity contribution in [3.05, 3.63) is 24.7 Å². The molecule has 0 aliphatic heterocycles. The van der Waals surface area contributed by atoms with Gasteiger partial charge in [0.25, 0.3) is 0 Å². The summed E-state index contributed by atoms with van der Waals surface area (Å²) in [5, 5.41) is 9.83. The third-order valence-corrected chi connectivity index (χ3v) is 5.25. The summed E-state index contributed by atoms with van der Waals surface area (Å²) in [4.78, 5) is 16.4. The van der Waals surface area contributed by atoms with Gasteiger partial charge in [0.15, 0.2) is 0 Å². The molecule has 0 spiro atoms. The summed E-state index contributed by atoms with van der Waals surface area (Å²) in [5.74, 6) is 1.14. The van der Waals surface area contributed by atoms with Gasteiger partial charge in [-0.2, -0.15) is 10.2 Å². The predicted molar refractivity (Wildman–Crippen MR) is 103 cm³/mol. The molecule has 7 nitrogen and oxygen atoms in total. The summed E-state index contributed by atoms with van der Waals surface area (Å²) < 4.78 is 9.92. The first-order chi connectivity index (χ1) is 12.9. The number of carbonyl (C=O) groups excluding carboxylic acids is 1. The van der Waals surface area contributed by atoms with Gasteiger partial charge in [0, 0.05) is 49.8 Å². The van der Waals surface area contributed by atoms with Crippen molar-refractivity contribution < 1.29 is 9.53 Å². The highest BCUT2D eigenvalue weighted by molar-refractivity contribution is 5.86. The minimum absolute atomic E-state index is 0.0685. The standard InChI is InChI=1S/C20H25N5O2/c1-12(2)25-10-15(9-21-25)18-8-19-17(11-24(4)23-19)20(22-18)27-13(3)14-5-6-16(26)7-14/h8-14H,5-7H2,1-4H3/t13-,14+/m1/s1. The first-order valence-electron chi connectivity index (χ1n) is 9.48. The van der Waals surface area contributed by atoms with Crippen LogP contribution >= 0.6 is 0 Å². The van der Waals surface area contributed by atoms with E-state index >= 15 is 0 Å². The lowest BCUT2D eigenvalue weighted by Gasteiger charge is -2.20. The van der Waals surface area contributed by atoms with E-state index in [-0.39, 0.29) is 18.1 Å². The number of aryl methyl sites for hydroxylation is 1. The molecule has 1 saturated carbocycles. The van der Waals surface area contributed by atoms with Crippen molar-refractivity contribution in [1.29, 1.82) is 0 Å². The molecule has 3 aromatic rings. The molecule has 0 unspecified atom stereocenters. The molecule has 4 rings (SSSR count). The van der Waals surface area contributed by atoms with Gasteiger partial charge >= 0.3 is 0 Å². The molecule has 0 amide bonds. The van der Waals surface area contributed by atoms with Gasteiger partial charge in [0.2, 0.25) is 5.88 Å². The van der Waals surface area contributed by atoms with Crippen molar-refractivity contribution in [3.8, 4) is 17.1 Å². The van der Waals surface area contributed by atoms with Crippen LogP contribution in [-0.2, 0) is 11.8 Å². The number of aromatic nitrogens is 5. The second-order valence-electron chi connectivity index (χ2n) is 7.72. The van der Waals surface area contributed by atoms with Crippen molar-refractivity contribution in [1.82, 2.24) is 24.5 Å². The molecule has 0 aromatic carbocycles. The predicted octanol–water partition coefficient (Wildman–Crippen LogP) is 3.55. The third-order valence-electron chi connectivity index (χ3n) is 5.25. The number of hydrogen-bond donors (Lipinski definition) is 0. The zero-order valence-electron chi connectivity index (χ0n) is 16.2. The first-order valence-corrected chi connectivity index (χ1v) is 9.48. The van der Waals surface area contributed by atoms with Gasteiger partial charge in [-0.15, -0.1) is 0 Å². The quantitative estimate of drug-likeness (QED) is 0.689. The molecule has 0 bridgehead atoms. The molecule has 7 heteroatoms. The zero-order valence-corrected chi connectivity index (χ0v) is 16.2. The summed E-state index contributed by atoms with van der Waals surface area (Å²) in [5.41, 5.74) is 2.56. The number of hydrogen-bond acceptors (Lipinski definition) is 5. The van der Waals surface area contributed by atoms with E-state index in [0.717, 1.165) is 28.6 Å².